The van der Waals surface area contributed by atoms with Crippen molar-refractivity contribution in [1.29, 1.82) is 0 Å². The van der Waals surface area contributed by atoms with Gasteiger partial charge in [0.05, 0.1) is 18.9 Å². The van der Waals surface area contributed by atoms with Gasteiger partial charge >= 0.3 is 5.97 Å². The van der Waals surface area contributed by atoms with Crippen LogP contribution in [0.5, 0.6) is 0 Å². The van der Waals surface area contributed by atoms with Gasteiger partial charge in [0, 0.05) is 19.3 Å². The Kier molecular flexibility index (Phi) is 3.22. The smallest absolute Gasteiger partial charge is 0.373 e. The Morgan fingerprint density at radius 1 is 1.60 bits per heavy atom. The molecule has 1 N–H and O–H groups in total. The van der Waals surface area contributed by atoms with Crippen molar-refractivity contribution in [2.75, 3.05) is 7.11 Å². The lowest BCUT2D eigenvalue weighted by molar-refractivity contribution is -0.139. The van der Waals surface area contributed by atoms with E-state index in [0.29, 0.717) is 0 Å². The summed E-state index contributed by atoms with van der Waals surface area (Å²) in [5, 5.41) is 12.9. The molecule has 15 heavy (non-hydrogen) atoms. The monoisotopic (exact) mass is 210 g/mol. The van der Waals surface area contributed by atoms with Crippen molar-refractivity contribution in [3.05, 3.63) is 29.8 Å². The summed E-state index contributed by atoms with van der Waals surface area (Å²) < 4.78 is 5.66. The number of carbonyl (C=O) groups is 2. The van der Waals surface area contributed by atoms with E-state index in [1.54, 1.807) is 7.05 Å². The van der Waals surface area contributed by atoms with Gasteiger partial charge in [-0.25, -0.2) is 4.79 Å². The van der Waals surface area contributed by atoms with Crippen molar-refractivity contribution < 1.29 is 19.4 Å². The molecule has 6 heteroatoms. The van der Waals surface area contributed by atoms with Crippen molar-refractivity contribution in [2.24, 2.45) is 7.05 Å². The van der Waals surface area contributed by atoms with E-state index < -0.39 is 17.5 Å². The first kappa shape index (κ1) is 11.0. The third-order valence-electron chi connectivity index (χ3n) is 1.65. The third kappa shape index (κ3) is 2.67. The average Bonchev–Trinajstić information content (AvgIpc) is 2.63. The first-order valence-electron chi connectivity index (χ1n) is 4.06. The number of methoxy groups -OCH3 is 1. The molecule has 0 aliphatic rings. The van der Waals surface area contributed by atoms with E-state index in [1.807, 2.05) is 0 Å². The number of carbonyl (C=O) groups excluding carboxylic acids is 2. The van der Waals surface area contributed by atoms with Crippen LogP contribution < -0.4 is 0 Å². The predicted molar refractivity (Wildman–Crippen MR) is 50.3 cm³/mol. The number of hydrogen-bond donors (Lipinski definition) is 1. The topological polar surface area (TPSA) is 81.4 Å². The number of hydrogen-bond acceptors (Lipinski definition) is 5. The molecule has 0 spiro atoms. The van der Waals surface area contributed by atoms with Gasteiger partial charge in [-0.3, -0.25) is 9.48 Å². The second kappa shape index (κ2) is 4.41. The van der Waals surface area contributed by atoms with Gasteiger partial charge in [-0.05, 0) is 0 Å². The molecule has 0 unspecified atom stereocenters. The van der Waals surface area contributed by atoms with Crippen molar-refractivity contribution in [1.82, 2.24) is 9.78 Å². The Bertz CT molecular complexity index is 420. The van der Waals surface area contributed by atoms with Crippen LogP contribution in [0.2, 0.25) is 0 Å². The maximum Gasteiger partial charge on any atom is 0.373 e. The highest BCUT2D eigenvalue weighted by Gasteiger charge is 2.11. The van der Waals surface area contributed by atoms with E-state index in [2.05, 4.69) is 9.84 Å². The minimum atomic E-state index is -0.952. The van der Waals surface area contributed by atoms with Gasteiger partial charge in [0.15, 0.2) is 5.78 Å². The van der Waals surface area contributed by atoms with Gasteiger partial charge in [-0.15, -0.1) is 0 Å². The maximum absolute atomic E-state index is 11.4. The predicted octanol–water partition coefficient (Wildman–Crippen LogP) is 0.218. The van der Waals surface area contributed by atoms with Crippen LogP contribution in [-0.4, -0.2) is 33.7 Å². The zero-order valence-electron chi connectivity index (χ0n) is 8.30. The zero-order valence-corrected chi connectivity index (χ0v) is 8.30. The van der Waals surface area contributed by atoms with Crippen molar-refractivity contribution in [2.45, 2.75) is 0 Å². The van der Waals surface area contributed by atoms with Crippen LogP contribution in [0.4, 0.5) is 0 Å². The van der Waals surface area contributed by atoms with E-state index >= 15 is 0 Å². The van der Waals surface area contributed by atoms with E-state index in [1.165, 1.54) is 17.1 Å². The fourth-order valence-electron chi connectivity index (χ4n) is 0.919. The highest BCUT2D eigenvalue weighted by Crippen LogP contribution is 2.02. The molecule has 0 aromatic carbocycles. The number of aromatic nitrogens is 2. The first-order chi connectivity index (χ1) is 7.04. The number of ketones is 1. The number of aliphatic hydroxyl groups is 1. The molecule has 0 amide bonds. The molecule has 0 bridgehead atoms. The van der Waals surface area contributed by atoms with Gasteiger partial charge < -0.3 is 9.84 Å². The number of ether oxygens (including phenoxy) is 1. The molecule has 1 rings (SSSR count). The zero-order chi connectivity index (χ0) is 11.4. The minimum absolute atomic E-state index is 0.285. The molecule has 0 atom stereocenters. The Morgan fingerprint density at radius 2 is 2.27 bits per heavy atom. The molecular weight excluding hydrogens is 200 g/mol. The van der Waals surface area contributed by atoms with Gasteiger partial charge in [-0.2, -0.15) is 5.10 Å². The van der Waals surface area contributed by atoms with Crippen molar-refractivity contribution in [3.63, 3.8) is 0 Å². The molecule has 1 aromatic rings. The number of aryl methyl sites for hydroxylation is 1. The van der Waals surface area contributed by atoms with Gasteiger partial charge in [0.1, 0.15) is 0 Å². The molecule has 0 fully saturated rings. The molecule has 80 valence electrons. The average molecular weight is 210 g/mol. The third-order valence-corrected chi connectivity index (χ3v) is 1.65. The summed E-state index contributed by atoms with van der Waals surface area (Å²) in [5.41, 5.74) is 0.285. The number of rotatable bonds is 3. The molecule has 0 radical (unpaired) electrons. The summed E-state index contributed by atoms with van der Waals surface area (Å²) in [7, 11) is 2.77. The van der Waals surface area contributed by atoms with E-state index in [-0.39, 0.29) is 5.56 Å². The molecule has 1 heterocycles. The summed E-state index contributed by atoms with van der Waals surface area (Å²) in [5.74, 6) is -2.19. The van der Waals surface area contributed by atoms with Crippen LogP contribution in [-0.2, 0) is 16.6 Å². The molecule has 6 nitrogen and oxygen atoms in total. The molecule has 0 aliphatic heterocycles. The summed E-state index contributed by atoms with van der Waals surface area (Å²) >= 11 is 0. The van der Waals surface area contributed by atoms with E-state index in [0.717, 1.165) is 13.2 Å². The normalized spacial score (nSPS) is 11.2. The van der Waals surface area contributed by atoms with Gasteiger partial charge in [0.2, 0.25) is 5.76 Å². The Morgan fingerprint density at radius 3 is 2.73 bits per heavy atom. The Hall–Kier alpha value is -2.11. The second-order valence-electron chi connectivity index (χ2n) is 2.79. The van der Waals surface area contributed by atoms with Crippen LogP contribution in [0.25, 0.3) is 0 Å². The van der Waals surface area contributed by atoms with Gasteiger partial charge in [0.25, 0.3) is 0 Å². The summed E-state index contributed by atoms with van der Waals surface area (Å²) in [6, 6.07) is 0. The number of esters is 1. The number of nitrogens with zero attached hydrogens (tertiary/aromatic N) is 2. The van der Waals surface area contributed by atoms with E-state index in [9.17, 15) is 9.59 Å². The number of aliphatic hydroxyl groups excluding tert-OH is 1. The fraction of sp³-hybridized carbons (Fsp3) is 0.222. The SMILES string of the molecule is COC(=O)/C(O)=C/C(=O)c1cnn(C)c1. The van der Waals surface area contributed by atoms with Crippen LogP contribution >= 0.6 is 0 Å². The second-order valence-corrected chi connectivity index (χ2v) is 2.79. The van der Waals surface area contributed by atoms with Crippen LogP contribution in [0.1, 0.15) is 10.4 Å². The quantitative estimate of drug-likeness (QED) is 0.334. The largest absolute Gasteiger partial charge is 0.502 e. The number of allylic oxidation sites excluding steroid dienone is 1. The lowest BCUT2D eigenvalue weighted by Crippen LogP contribution is -2.06. The van der Waals surface area contributed by atoms with E-state index in [4.69, 9.17) is 5.11 Å². The Labute approximate surface area is 85.8 Å². The van der Waals surface area contributed by atoms with Crippen LogP contribution in [0, 0.1) is 0 Å². The standard InChI is InChI=1S/C9H10N2O4/c1-11-5-6(4-10-11)7(12)3-8(13)9(14)15-2/h3-5,13H,1-2H3/b8-3-. The molecular formula is C9H10N2O4. The molecule has 0 saturated carbocycles. The van der Waals surface area contributed by atoms with Crippen molar-refractivity contribution >= 4 is 11.8 Å². The van der Waals surface area contributed by atoms with Crippen LogP contribution in [0.15, 0.2) is 24.2 Å². The molecule has 1 aromatic heterocycles. The fourth-order valence-corrected chi connectivity index (χ4v) is 0.919. The summed E-state index contributed by atoms with van der Waals surface area (Å²) in [6.07, 6.45) is 3.61. The Balaban J connectivity index is 2.83. The molecule has 0 aliphatic carbocycles. The first-order valence-corrected chi connectivity index (χ1v) is 4.06. The van der Waals surface area contributed by atoms with Gasteiger partial charge in [-0.1, -0.05) is 0 Å². The summed E-state index contributed by atoms with van der Waals surface area (Å²) in [4.78, 5) is 22.2. The van der Waals surface area contributed by atoms with Crippen molar-refractivity contribution in [3.8, 4) is 0 Å². The molecule has 0 saturated heterocycles. The highest BCUT2D eigenvalue weighted by molar-refractivity contribution is 6.07. The highest BCUT2D eigenvalue weighted by atomic mass is 16.5. The lowest BCUT2D eigenvalue weighted by Gasteiger charge is -1.95. The minimum Gasteiger partial charge on any atom is -0.502 e. The maximum atomic E-state index is 11.4. The van der Waals surface area contributed by atoms with Crippen LogP contribution in [0.3, 0.4) is 0 Å². The lowest BCUT2D eigenvalue weighted by atomic mass is 10.2. The summed E-state index contributed by atoms with van der Waals surface area (Å²) in [6.45, 7) is 0.